The first-order chi connectivity index (χ1) is 11.3. The summed E-state index contributed by atoms with van der Waals surface area (Å²) >= 11 is 17.6. The van der Waals surface area contributed by atoms with Gasteiger partial charge in [-0.1, -0.05) is 41.7 Å². The first kappa shape index (κ1) is 18.3. The third-order valence-corrected chi connectivity index (χ3v) is 4.25. The van der Waals surface area contributed by atoms with Crippen LogP contribution in [-0.2, 0) is 0 Å². The number of halogens is 3. The van der Waals surface area contributed by atoms with Gasteiger partial charge in [0.25, 0.3) is 5.91 Å². The normalized spacial score (nSPS) is 11.4. The summed E-state index contributed by atoms with van der Waals surface area (Å²) in [6, 6.07) is 6.43. The van der Waals surface area contributed by atoms with Gasteiger partial charge in [0.05, 0.1) is 16.4 Å². The Hall–Kier alpha value is -2.02. The molecule has 0 atom stereocenters. The van der Waals surface area contributed by atoms with Crippen LogP contribution < -0.4 is 11.2 Å². The molecule has 0 aliphatic rings. The summed E-state index contributed by atoms with van der Waals surface area (Å²) in [5.74, 6) is -0.532. The maximum Gasteiger partial charge on any atom is 0.291 e. The highest BCUT2D eigenvalue weighted by Gasteiger charge is 2.19. The number of nitrogen functional groups attached to an aromatic ring is 1. The van der Waals surface area contributed by atoms with Gasteiger partial charge in [-0.15, -0.1) is 0 Å². The van der Waals surface area contributed by atoms with E-state index >= 15 is 0 Å². The summed E-state index contributed by atoms with van der Waals surface area (Å²) in [6.07, 6.45) is 0.551. The largest absolute Gasteiger partial charge is 0.508 e. The average molecular weight is 388 g/mol. The molecule has 6 nitrogen and oxygen atoms in total. The predicted molar refractivity (Wildman–Crippen MR) is 96.1 cm³/mol. The number of phenols is 1. The Morgan fingerprint density at radius 1 is 1.25 bits per heavy atom. The smallest absolute Gasteiger partial charge is 0.291 e. The number of amides is 1. The zero-order valence-corrected chi connectivity index (χ0v) is 14.7. The van der Waals surface area contributed by atoms with Crippen molar-refractivity contribution in [3.63, 3.8) is 0 Å². The van der Waals surface area contributed by atoms with E-state index in [0.717, 1.165) is 5.56 Å². The third-order valence-electron chi connectivity index (χ3n) is 3.11. The van der Waals surface area contributed by atoms with Crippen LogP contribution in [0.25, 0.3) is 0 Å². The molecule has 0 bridgehead atoms. The maximum atomic E-state index is 12.2. The lowest BCUT2D eigenvalue weighted by atomic mass is 10.1. The molecule has 2 aromatic rings. The van der Waals surface area contributed by atoms with Crippen molar-refractivity contribution < 1.29 is 9.90 Å². The van der Waals surface area contributed by atoms with Gasteiger partial charge in [0.1, 0.15) is 10.8 Å². The van der Waals surface area contributed by atoms with E-state index in [2.05, 4.69) is 15.5 Å². The van der Waals surface area contributed by atoms with Crippen molar-refractivity contribution in [3.05, 3.63) is 50.7 Å². The summed E-state index contributed by atoms with van der Waals surface area (Å²) in [5, 5.41) is 13.1. The van der Waals surface area contributed by atoms with Crippen LogP contribution in [0.4, 0.5) is 5.69 Å². The summed E-state index contributed by atoms with van der Waals surface area (Å²) in [6.45, 7) is 1.88. The van der Waals surface area contributed by atoms with Gasteiger partial charge in [-0.25, -0.2) is 10.4 Å². The number of nitrogens with one attached hydrogen (secondary N) is 1. The summed E-state index contributed by atoms with van der Waals surface area (Å²) in [4.78, 5) is 16.1. The van der Waals surface area contributed by atoms with E-state index in [1.165, 1.54) is 12.1 Å². The Kier molecular flexibility index (Phi) is 5.88. The van der Waals surface area contributed by atoms with E-state index in [0.29, 0.717) is 12.1 Å². The summed E-state index contributed by atoms with van der Waals surface area (Å²) in [5.41, 5.74) is 9.20. The molecule has 9 heteroatoms. The van der Waals surface area contributed by atoms with Crippen LogP contribution in [0.2, 0.25) is 15.2 Å². The number of anilines is 1. The lowest BCUT2D eigenvalue weighted by molar-refractivity contribution is 0.0950. The van der Waals surface area contributed by atoms with E-state index in [-0.39, 0.29) is 32.3 Å². The summed E-state index contributed by atoms with van der Waals surface area (Å²) in [7, 11) is 0. The van der Waals surface area contributed by atoms with Crippen LogP contribution in [-0.4, -0.2) is 21.7 Å². The Labute approximate surface area is 153 Å². The van der Waals surface area contributed by atoms with Crippen LogP contribution in [0.5, 0.6) is 5.75 Å². The van der Waals surface area contributed by atoms with Gasteiger partial charge in [0.15, 0.2) is 10.8 Å². The van der Waals surface area contributed by atoms with Gasteiger partial charge in [-0.05, 0) is 36.2 Å². The van der Waals surface area contributed by atoms with Gasteiger partial charge in [0, 0.05) is 0 Å². The number of benzene rings is 1. The first-order valence-corrected chi connectivity index (χ1v) is 7.94. The van der Waals surface area contributed by atoms with Crippen molar-refractivity contribution in [1.82, 2.24) is 10.4 Å². The molecule has 24 heavy (non-hydrogen) atoms. The van der Waals surface area contributed by atoms with Crippen LogP contribution in [0.15, 0.2) is 29.4 Å². The standard InChI is InChI=1S/C15H13Cl3N4O2/c1-2-9(7-3-5-8(23)6-4-7)21-22-15(24)13-10(16)12(19)11(17)14(18)20-13/h3-6,23H,2H2,1H3,(H2,19,20)(H,22,24)/b21-9+. The quantitative estimate of drug-likeness (QED) is 0.421. The van der Waals surface area contributed by atoms with Crippen LogP contribution in [0.3, 0.4) is 0 Å². The minimum Gasteiger partial charge on any atom is -0.508 e. The zero-order chi connectivity index (χ0) is 17.9. The fraction of sp³-hybridized carbons (Fsp3) is 0.133. The molecule has 0 radical (unpaired) electrons. The number of nitrogens with zero attached hydrogens (tertiary/aromatic N) is 2. The minimum atomic E-state index is -0.671. The van der Waals surface area contributed by atoms with Gasteiger partial charge < -0.3 is 10.8 Å². The number of hydrazone groups is 1. The number of carbonyl (C=O) groups excluding carboxylic acids is 1. The molecule has 126 valence electrons. The highest BCUT2D eigenvalue weighted by Crippen LogP contribution is 2.34. The van der Waals surface area contributed by atoms with Crippen molar-refractivity contribution >= 4 is 52.1 Å². The number of rotatable bonds is 4. The Bertz CT molecular complexity index is 807. The first-order valence-electron chi connectivity index (χ1n) is 6.81. The third kappa shape index (κ3) is 3.90. The monoisotopic (exact) mass is 386 g/mol. The maximum absolute atomic E-state index is 12.2. The zero-order valence-electron chi connectivity index (χ0n) is 12.5. The fourth-order valence-electron chi connectivity index (χ4n) is 1.85. The van der Waals surface area contributed by atoms with Crippen molar-refractivity contribution in [2.24, 2.45) is 5.10 Å². The molecular weight excluding hydrogens is 375 g/mol. The van der Waals surface area contributed by atoms with E-state index in [9.17, 15) is 9.90 Å². The van der Waals surface area contributed by atoms with Gasteiger partial charge >= 0.3 is 0 Å². The number of aromatic nitrogens is 1. The number of hydrogen-bond donors (Lipinski definition) is 3. The molecule has 0 saturated heterocycles. The fourth-order valence-corrected chi connectivity index (χ4v) is 2.45. The molecular formula is C15H13Cl3N4O2. The molecule has 0 saturated carbocycles. The number of hydrogen-bond acceptors (Lipinski definition) is 5. The number of phenolic OH excluding ortho intramolecular Hbond substituents is 1. The van der Waals surface area contributed by atoms with E-state index in [1.807, 2.05) is 6.92 Å². The van der Waals surface area contributed by atoms with E-state index in [1.54, 1.807) is 12.1 Å². The number of nitrogens with two attached hydrogens (primary N) is 1. The topological polar surface area (TPSA) is 101 Å². The van der Waals surface area contributed by atoms with Crippen molar-refractivity contribution in [2.45, 2.75) is 13.3 Å². The van der Waals surface area contributed by atoms with E-state index in [4.69, 9.17) is 40.5 Å². The molecule has 1 aromatic heterocycles. The molecule has 4 N–H and O–H groups in total. The summed E-state index contributed by atoms with van der Waals surface area (Å²) < 4.78 is 0. The molecule has 1 amide bonds. The molecule has 0 aliphatic carbocycles. The highest BCUT2D eigenvalue weighted by molar-refractivity contribution is 6.46. The minimum absolute atomic E-state index is 0.0138. The molecule has 0 unspecified atom stereocenters. The average Bonchev–Trinajstić information content (AvgIpc) is 2.58. The highest BCUT2D eigenvalue weighted by atomic mass is 35.5. The molecule has 0 aliphatic heterocycles. The Morgan fingerprint density at radius 2 is 1.88 bits per heavy atom. The SMILES string of the molecule is CC/C(=N\NC(=O)c1nc(Cl)c(Cl)c(N)c1Cl)c1ccc(O)cc1. The molecule has 0 spiro atoms. The van der Waals surface area contributed by atoms with Gasteiger partial charge in [-0.2, -0.15) is 5.10 Å². The van der Waals surface area contributed by atoms with Crippen molar-refractivity contribution in [1.29, 1.82) is 0 Å². The molecule has 1 aromatic carbocycles. The van der Waals surface area contributed by atoms with Gasteiger partial charge in [0.2, 0.25) is 0 Å². The lowest BCUT2D eigenvalue weighted by Gasteiger charge is -2.09. The molecule has 2 rings (SSSR count). The number of carbonyl (C=O) groups is 1. The number of aromatic hydroxyl groups is 1. The predicted octanol–water partition coefficient (Wildman–Crippen LogP) is 3.87. The second-order valence-electron chi connectivity index (χ2n) is 4.69. The Balaban J connectivity index is 2.27. The number of pyridine rings is 1. The molecule has 0 fully saturated rings. The second-order valence-corrected chi connectivity index (χ2v) is 5.81. The van der Waals surface area contributed by atoms with E-state index < -0.39 is 5.91 Å². The molecule has 1 heterocycles. The van der Waals surface area contributed by atoms with Gasteiger partial charge in [-0.3, -0.25) is 4.79 Å². The Morgan fingerprint density at radius 3 is 2.46 bits per heavy atom. The lowest BCUT2D eigenvalue weighted by Crippen LogP contribution is -2.22. The van der Waals surface area contributed by atoms with Crippen LogP contribution in [0, 0.1) is 0 Å². The van der Waals surface area contributed by atoms with Crippen LogP contribution in [0.1, 0.15) is 29.4 Å². The van der Waals surface area contributed by atoms with Crippen molar-refractivity contribution in [2.75, 3.05) is 5.73 Å². The van der Waals surface area contributed by atoms with Crippen molar-refractivity contribution in [3.8, 4) is 5.75 Å². The second kappa shape index (κ2) is 7.70. The van der Waals surface area contributed by atoms with Crippen LogP contribution >= 0.6 is 34.8 Å².